The first kappa shape index (κ1) is 12.8. The predicted molar refractivity (Wildman–Crippen MR) is 63.1 cm³/mol. The molecule has 0 bridgehead atoms. The Kier molecular flexibility index (Phi) is 6.54. The van der Waals surface area contributed by atoms with Crippen molar-refractivity contribution in [1.82, 2.24) is 4.57 Å². The molecule has 0 radical (unpaired) electrons. The Bertz CT molecular complexity index is 316. The summed E-state index contributed by atoms with van der Waals surface area (Å²) in [5.74, 6) is 0. The van der Waals surface area contributed by atoms with Crippen LogP contribution in [-0.2, 0) is 0 Å². The van der Waals surface area contributed by atoms with Crippen LogP contribution in [0.5, 0.6) is 0 Å². The molecule has 0 amide bonds. The van der Waals surface area contributed by atoms with Gasteiger partial charge in [-0.1, -0.05) is 18.2 Å². The lowest BCUT2D eigenvalue weighted by Crippen LogP contribution is -1.86. The molecule has 0 saturated carbocycles. The van der Waals surface area contributed by atoms with Crippen molar-refractivity contribution in [3.8, 4) is 5.69 Å². The summed E-state index contributed by atoms with van der Waals surface area (Å²) < 4.78 is 2.08. The fourth-order valence-corrected chi connectivity index (χ4v) is 1.11. The van der Waals surface area contributed by atoms with E-state index < -0.39 is 0 Å². The summed E-state index contributed by atoms with van der Waals surface area (Å²) >= 11 is 0. The molecule has 0 atom stereocenters. The topological polar surface area (TPSA) is 30.9 Å². The number of hydrogen-bond acceptors (Lipinski definition) is 1. The van der Waals surface area contributed by atoms with E-state index in [1.807, 2.05) is 42.7 Å². The number of halogens is 1. The largest absolute Gasteiger partial charge is 0.333 e. The average molecular weight is 211 g/mol. The smallest absolute Gasteiger partial charge is 0.0449 e. The van der Waals surface area contributed by atoms with Crippen LogP contribution in [0.1, 0.15) is 0 Å². The maximum absolute atomic E-state index is 4.50. The second-order valence-corrected chi connectivity index (χ2v) is 2.43. The lowest BCUT2D eigenvalue weighted by molar-refractivity contribution is 1.08. The van der Waals surface area contributed by atoms with Gasteiger partial charge in [-0.25, -0.2) is 0 Å². The van der Waals surface area contributed by atoms with Gasteiger partial charge in [0.05, 0.1) is 0 Å². The molecular formula is C11H15ClN2. The summed E-state index contributed by atoms with van der Waals surface area (Å²) in [6.07, 6.45) is 4.07. The van der Waals surface area contributed by atoms with Gasteiger partial charge in [0.2, 0.25) is 0 Å². The predicted octanol–water partition coefficient (Wildman–Crippen LogP) is 2.47. The number of para-hydroxylation sites is 1. The van der Waals surface area contributed by atoms with Gasteiger partial charge in [-0.3, -0.25) is 0 Å². The number of nitrogens with two attached hydrogens (primary N) is 1. The number of benzene rings is 1. The van der Waals surface area contributed by atoms with E-state index in [1.165, 1.54) is 12.7 Å². The molecule has 76 valence electrons. The summed E-state index contributed by atoms with van der Waals surface area (Å²) in [5.41, 5.74) is 5.71. The Morgan fingerprint density at radius 3 is 1.86 bits per heavy atom. The zero-order chi connectivity index (χ0) is 9.52. The number of nitrogens with zero attached hydrogens (tertiary/aromatic N) is 1. The van der Waals surface area contributed by atoms with Crippen molar-refractivity contribution in [2.45, 2.75) is 0 Å². The molecule has 0 saturated heterocycles. The second-order valence-electron chi connectivity index (χ2n) is 2.43. The van der Waals surface area contributed by atoms with E-state index in [0.717, 1.165) is 0 Å². The van der Waals surface area contributed by atoms with Crippen LogP contribution < -0.4 is 5.73 Å². The first-order valence-corrected chi connectivity index (χ1v) is 4.23. The van der Waals surface area contributed by atoms with Crippen molar-refractivity contribution in [3.63, 3.8) is 0 Å². The van der Waals surface area contributed by atoms with Crippen molar-refractivity contribution in [2.75, 3.05) is 7.05 Å². The first-order chi connectivity index (χ1) is 6.47. The minimum Gasteiger partial charge on any atom is -0.333 e. The van der Waals surface area contributed by atoms with Crippen LogP contribution in [0, 0.1) is 0 Å². The van der Waals surface area contributed by atoms with Gasteiger partial charge in [-0.05, 0) is 31.3 Å². The molecule has 1 aromatic heterocycles. The number of rotatable bonds is 1. The van der Waals surface area contributed by atoms with Gasteiger partial charge >= 0.3 is 0 Å². The van der Waals surface area contributed by atoms with E-state index in [4.69, 9.17) is 0 Å². The second kappa shape index (κ2) is 7.18. The van der Waals surface area contributed by atoms with Crippen LogP contribution in [-0.4, -0.2) is 11.6 Å². The number of hydrogen-bond donors (Lipinski definition) is 1. The van der Waals surface area contributed by atoms with Crippen LogP contribution in [0.4, 0.5) is 0 Å². The van der Waals surface area contributed by atoms with E-state index in [-0.39, 0.29) is 12.4 Å². The van der Waals surface area contributed by atoms with Crippen molar-refractivity contribution >= 4 is 12.4 Å². The van der Waals surface area contributed by atoms with Gasteiger partial charge in [-0.2, -0.15) is 0 Å². The van der Waals surface area contributed by atoms with Crippen molar-refractivity contribution in [2.24, 2.45) is 5.73 Å². The zero-order valence-corrected chi connectivity index (χ0v) is 8.95. The standard InChI is InChI=1S/C10H9N.CH5N.ClH/c1-2-6-10(7-3-1)11-8-4-5-9-11;1-2;/h1-9H;2H2,1H3;1H. The average Bonchev–Trinajstić information content (AvgIpc) is 2.75. The Morgan fingerprint density at radius 2 is 1.36 bits per heavy atom. The van der Waals surface area contributed by atoms with Gasteiger partial charge in [0.25, 0.3) is 0 Å². The summed E-state index contributed by atoms with van der Waals surface area (Å²) in [6.45, 7) is 0. The van der Waals surface area contributed by atoms with Crippen molar-refractivity contribution in [1.29, 1.82) is 0 Å². The molecular weight excluding hydrogens is 196 g/mol. The van der Waals surface area contributed by atoms with E-state index >= 15 is 0 Å². The molecule has 0 aliphatic rings. The molecule has 2 aromatic rings. The van der Waals surface area contributed by atoms with Crippen LogP contribution in [0.15, 0.2) is 54.9 Å². The highest BCUT2D eigenvalue weighted by atomic mass is 35.5. The van der Waals surface area contributed by atoms with Crippen LogP contribution in [0.3, 0.4) is 0 Å². The molecule has 2 rings (SSSR count). The molecule has 14 heavy (non-hydrogen) atoms. The minimum absolute atomic E-state index is 0. The minimum atomic E-state index is 0. The maximum atomic E-state index is 4.50. The fourth-order valence-electron chi connectivity index (χ4n) is 1.11. The first-order valence-electron chi connectivity index (χ1n) is 4.23. The lowest BCUT2D eigenvalue weighted by atomic mass is 10.3. The highest BCUT2D eigenvalue weighted by Crippen LogP contribution is 2.05. The summed E-state index contributed by atoms with van der Waals surface area (Å²) in [6, 6.07) is 14.3. The molecule has 0 aliphatic heterocycles. The third-order valence-corrected chi connectivity index (χ3v) is 1.66. The summed E-state index contributed by atoms with van der Waals surface area (Å²) in [5, 5.41) is 0. The van der Waals surface area contributed by atoms with E-state index in [1.54, 1.807) is 0 Å². The summed E-state index contributed by atoms with van der Waals surface area (Å²) in [4.78, 5) is 0. The molecule has 0 unspecified atom stereocenters. The molecule has 1 heterocycles. The Morgan fingerprint density at radius 1 is 0.857 bits per heavy atom. The van der Waals surface area contributed by atoms with Crippen LogP contribution in [0.2, 0.25) is 0 Å². The van der Waals surface area contributed by atoms with Gasteiger partial charge < -0.3 is 10.3 Å². The molecule has 0 fully saturated rings. The highest BCUT2D eigenvalue weighted by Gasteiger charge is 1.88. The Balaban J connectivity index is 0.000000531. The van der Waals surface area contributed by atoms with E-state index in [0.29, 0.717) is 0 Å². The zero-order valence-electron chi connectivity index (χ0n) is 8.13. The van der Waals surface area contributed by atoms with Gasteiger partial charge in [0, 0.05) is 18.1 Å². The van der Waals surface area contributed by atoms with E-state index in [2.05, 4.69) is 22.4 Å². The maximum Gasteiger partial charge on any atom is 0.0449 e. The fraction of sp³-hybridized carbons (Fsp3) is 0.0909. The molecule has 0 spiro atoms. The molecule has 3 heteroatoms. The monoisotopic (exact) mass is 210 g/mol. The highest BCUT2D eigenvalue weighted by molar-refractivity contribution is 5.85. The molecule has 2 N–H and O–H groups in total. The van der Waals surface area contributed by atoms with Crippen molar-refractivity contribution < 1.29 is 0 Å². The van der Waals surface area contributed by atoms with Crippen LogP contribution in [0.25, 0.3) is 5.69 Å². The molecule has 2 nitrogen and oxygen atoms in total. The third kappa shape index (κ3) is 3.24. The van der Waals surface area contributed by atoms with Crippen LogP contribution >= 0.6 is 12.4 Å². The van der Waals surface area contributed by atoms with Gasteiger partial charge in [-0.15, -0.1) is 12.4 Å². The normalized spacial score (nSPS) is 8.14. The Labute approximate surface area is 90.8 Å². The molecule has 0 aliphatic carbocycles. The lowest BCUT2D eigenvalue weighted by Gasteiger charge is -1.99. The van der Waals surface area contributed by atoms with Crippen molar-refractivity contribution in [3.05, 3.63) is 54.9 Å². The Hall–Kier alpha value is -1.25. The SMILES string of the molecule is CN.Cl.c1ccc(-n2cccc2)cc1. The number of aromatic nitrogens is 1. The van der Waals surface area contributed by atoms with Gasteiger partial charge in [0.1, 0.15) is 0 Å². The van der Waals surface area contributed by atoms with Gasteiger partial charge in [0.15, 0.2) is 0 Å². The quantitative estimate of drug-likeness (QED) is 0.771. The summed E-state index contributed by atoms with van der Waals surface area (Å²) in [7, 11) is 1.50. The third-order valence-electron chi connectivity index (χ3n) is 1.66. The molecule has 1 aromatic carbocycles. The van der Waals surface area contributed by atoms with E-state index in [9.17, 15) is 0 Å².